The van der Waals surface area contributed by atoms with Crippen LogP contribution >= 0.6 is 0 Å². The normalized spacial score (nSPS) is 25.5. The predicted octanol–water partition coefficient (Wildman–Crippen LogP) is 1.91. The third kappa shape index (κ3) is 2.76. The fourth-order valence-electron chi connectivity index (χ4n) is 3.03. The van der Waals surface area contributed by atoms with Gasteiger partial charge in [0.2, 0.25) is 0 Å². The molecule has 1 aliphatic carbocycles. The first-order valence-electron chi connectivity index (χ1n) is 6.32. The largest absolute Gasteiger partial charge is 0.383 e. The number of ether oxygens (including phenoxy) is 2. The van der Waals surface area contributed by atoms with Crippen molar-refractivity contribution < 1.29 is 9.47 Å². The zero-order valence-electron chi connectivity index (χ0n) is 11.1. The maximum atomic E-state index is 5.98. The van der Waals surface area contributed by atoms with E-state index in [9.17, 15) is 0 Å². The van der Waals surface area contributed by atoms with Gasteiger partial charge in [-0.15, -0.1) is 0 Å². The van der Waals surface area contributed by atoms with Gasteiger partial charge in [0.1, 0.15) is 0 Å². The maximum absolute atomic E-state index is 5.98. The summed E-state index contributed by atoms with van der Waals surface area (Å²) in [6, 6.07) is 0. The van der Waals surface area contributed by atoms with Gasteiger partial charge in [-0.25, -0.2) is 0 Å². The molecular formula is C13H25NO2. The van der Waals surface area contributed by atoms with Crippen LogP contribution in [0.25, 0.3) is 0 Å². The van der Waals surface area contributed by atoms with Crippen LogP contribution in [0.5, 0.6) is 0 Å². The average Bonchev–Trinajstić information content (AvgIpc) is 2.02. The van der Waals surface area contributed by atoms with E-state index in [1.54, 1.807) is 7.11 Å². The fourth-order valence-corrected chi connectivity index (χ4v) is 3.03. The molecule has 0 aromatic carbocycles. The molecule has 2 aliphatic rings. The molecule has 2 rings (SSSR count). The Morgan fingerprint density at radius 1 is 1.25 bits per heavy atom. The van der Waals surface area contributed by atoms with Crippen LogP contribution in [0.3, 0.4) is 0 Å². The second-order valence-electron chi connectivity index (χ2n) is 6.46. The van der Waals surface area contributed by atoms with Crippen LogP contribution in [0.15, 0.2) is 0 Å². The molecular weight excluding hydrogens is 202 g/mol. The van der Waals surface area contributed by atoms with Gasteiger partial charge in [0.05, 0.1) is 18.3 Å². The van der Waals surface area contributed by atoms with E-state index in [1.807, 2.05) is 0 Å². The molecule has 3 nitrogen and oxygen atoms in total. The summed E-state index contributed by atoms with van der Waals surface area (Å²) in [5.74, 6) is 0. The van der Waals surface area contributed by atoms with Crippen molar-refractivity contribution in [2.24, 2.45) is 5.41 Å². The lowest BCUT2D eigenvalue weighted by atomic mass is 9.61. The summed E-state index contributed by atoms with van der Waals surface area (Å²) in [4.78, 5) is 2.48. The summed E-state index contributed by atoms with van der Waals surface area (Å²) >= 11 is 0. The summed E-state index contributed by atoms with van der Waals surface area (Å²) in [6.45, 7) is 10.9. The van der Waals surface area contributed by atoms with E-state index in [0.717, 1.165) is 13.2 Å². The van der Waals surface area contributed by atoms with Crippen LogP contribution in [0.1, 0.15) is 33.6 Å². The molecule has 0 amide bonds. The summed E-state index contributed by atoms with van der Waals surface area (Å²) < 4.78 is 11.1. The molecule has 0 unspecified atom stereocenters. The van der Waals surface area contributed by atoms with Crippen molar-refractivity contribution in [1.29, 1.82) is 0 Å². The van der Waals surface area contributed by atoms with Crippen molar-refractivity contribution in [2.75, 3.05) is 33.4 Å². The van der Waals surface area contributed by atoms with E-state index in [2.05, 4.69) is 25.7 Å². The minimum absolute atomic E-state index is 0.0196. The van der Waals surface area contributed by atoms with Gasteiger partial charge in [-0.3, -0.25) is 4.90 Å². The first-order chi connectivity index (χ1) is 7.42. The summed E-state index contributed by atoms with van der Waals surface area (Å²) in [5, 5.41) is 0. The van der Waals surface area contributed by atoms with Crippen LogP contribution in [-0.4, -0.2) is 50.0 Å². The third-order valence-corrected chi connectivity index (χ3v) is 3.57. The van der Waals surface area contributed by atoms with Crippen LogP contribution in [-0.2, 0) is 9.47 Å². The molecule has 1 heterocycles. The van der Waals surface area contributed by atoms with Crippen molar-refractivity contribution in [3.63, 3.8) is 0 Å². The van der Waals surface area contributed by atoms with E-state index in [0.29, 0.717) is 11.5 Å². The Morgan fingerprint density at radius 3 is 2.38 bits per heavy atom. The number of likely N-dealkylation sites (tertiary alicyclic amines) is 1. The molecule has 0 aromatic rings. The molecule has 0 N–H and O–H groups in total. The Bertz CT molecular complexity index is 233. The Balaban J connectivity index is 1.63. The minimum Gasteiger partial charge on any atom is -0.383 e. The molecule has 1 aliphatic heterocycles. The van der Waals surface area contributed by atoms with E-state index >= 15 is 0 Å². The molecule has 16 heavy (non-hydrogen) atoms. The van der Waals surface area contributed by atoms with Gasteiger partial charge in [0.15, 0.2) is 0 Å². The SMILES string of the molecule is COCCN1CC2(CC(OC(C)(C)C)C2)C1. The second-order valence-corrected chi connectivity index (χ2v) is 6.46. The first kappa shape index (κ1) is 12.3. The molecule has 0 atom stereocenters. The Labute approximate surface area is 99.1 Å². The monoisotopic (exact) mass is 227 g/mol. The van der Waals surface area contributed by atoms with Gasteiger partial charge < -0.3 is 9.47 Å². The molecule has 1 saturated heterocycles. The van der Waals surface area contributed by atoms with Gasteiger partial charge in [-0.05, 0) is 33.6 Å². The van der Waals surface area contributed by atoms with Gasteiger partial charge in [0, 0.05) is 32.2 Å². The first-order valence-corrected chi connectivity index (χ1v) is 6.32. The molecule has 2 fully saturated rings. The van der Waals surface area contributed by atoms with Crippen LogP contribution in [0.2, 0.25) is 0 Å². The molecule has 1 spiro atoms. The topological polar surface area (TPSA) is 21.7 Å². The Kier molecular flexibility index (Phi) is 3.30. The summed E-state index contributed by atoms with van der Waals surface area (Å²) in [7, 11) is 1.77. The zero-order chi connectivity index (χ0) is 11.8. The van der Waals surface area contributed by atoms with E-state index < -0.39 is 0 Å². The smallest absolute Gasteiger partial charge is 0.0602 e. The molecule has 3 heteroatoms. The van der Waals surface area contributed by atoms with Crippen molar-refractivity contribution in [3.05, 3.63) is 0 Å². The summed E-state index contributed by atoms with van der Waals surface area (Å²) in [6.07, 6.45) is 3.02. The van der Waals surface area contributed by atoms with Gasteiger partial charge in [0.25, 0.3) is 0 Å². The average molecular weight is 227 g/mol. The standard InChI is InChI=1S/C13H25NO2/c1-12(2,3)16-11-7-13(8-11)9-14(10-13)5-6-15-4/h11H,5-10H2,1-4H3. The van der Waals surface area contributed by atoms with Crippen LogP contribution in [0, 0.1) is 5.41 Å². The molecule has 0 bridgehead atoms. The lowest BCUT2D eigenvalue weighted by Gasteiger charge is -2.59. The number of nitrogens with zero attached hydrogens (tertiary/aromatic N) is 1. The molecule has 1 saturated carbocycles. The highest BCUT2D eigenvalue weighted by atomic mass is 16.5. The molecule has 94 valence electrons. The number of hydrogen-bond acceptors (Lipinski definition) is 3. The maximum Gasteiger partial charge on any atom is 0.0602 e. The number of rotatable bonds is 4. The van der Waals surface area contributed by atoms with E-state index in [1.165, 1.54) is 25.9 Å². The van der Waals surface area contributed by atoms with Gasteiger partial charge in [-0.2, -0.15) is 0 Å². The fraction of sp³-hybridized carbons (Fsp3) is 1.00. The van der Waals surface area contributed by atoms with Crippen LogP contribution < -0.4 is 0 Å². The lowest BCUT2D eigenvalue weighted by Crippen LogP contribution is -2.64. The van der Waals surface area contributed by atoms with E-state index in [4.69, 9.17) is 9.47 Å². The quantitative estimate of drug-likeness (QED) is 0.732. The highest BCUT2D eigenvalue weighted by molar-refractivity contribution is 5.05. The lowest BCUT2D eigenvalue weighted by molar-refractivity contribution is -0.187. The molecule has 0 radical (unpaired) electrons. The van der Waals surface area contributed by atoms with E-state index in [-0.39, 0.29) is 5.60 Å². The van der Waals surface area contributed by atoms with Crippen molar-refractivity contribution in [2.45, 2.75) is 45.3 Å². The predicted molar refractivity (Wildman–Crippen MR) is 64.6 cm³/mol. The highest BCUT2D eigenvalue weighted by Gasteiger charge is 2.53. The Hall–Kier alpha value is -0.120. The number of hydrogen-bond donors (Lipinski definition) is 0. The summed E-state index contributed by atoms with van der Waals surface area (Å²) in [5.41, 5.74) is 0.620. The minimum atomic E-state index is 0.0196. The third-order valence-electron chi connectivity index (χ3n) is 3.57. The number of methoxy groups -OCH3 is 1. The van der Waals surface area contributed by atoms with Crippen molar-refractivity contribution in [1.82, 2.24) is 4.90 Å². The van der Waals surface area contributed by atoms with Crippen molar-refractivity contribution >= 4 is 0 Å². The van der Waals surface area contributed by atoms with Crippen molar-refractivity contribution in [3.8, 4) is 0 Å². The van der Waals surface area contributed by atoms with Crippen LogP contribution in [0.4, 0.5) is 0 Å². The highest BCUT2D eigenvalue weighted by Crippen LogP contribution is 2.50. The second kappa shape index (κ2) is 4.28. The van der Waals surface area contributed by atoms with Gasteiger partial charge in [-0.1, -0.05) is 0 Å². The zero-order valence-corrected chi connectivity index (χ0v) is 11.1. The molecule has 0 aromatic heterocycles. The van der Waals surface area contributed by atoms with Gasteiger partial charge >= 0.3 is 0 Å². The Morgan fingerprint density at radius 2 is 1.88 bits per heavy atom.